The monoisotopic (exact) mass is 1240 g/mol. The Morgan fingerprint density at radius 2 is 0.701 bits per heavy atom. The standard InChI is InChI=1S/C77H141N2O7P/c1-7-10-13-16-19-22-25-28-30-32-34-36-38-39-41-42-44-46-48-51-54-57-60-63-66-69-76(80)78-74(73-85-87(82,83)84-72-71-79(4,5)6)75(68-65-62-59-56-53-50-27-24-21-18-15-12-9-3)86-77(81)70-67-64-61-58-55-52-49-47-45-43-40-37-35-33-31-29-26-23-20-17-14-11-8-2/h19-20,22-23,28-31,34-37,65,68,74-75H,7-18,21,24-27,32-33,38-64,66-67,69-73H2,1-6H3,(H-,78,80,82,83)/b22-19-,23-20-,30-28-,31-29-,36-34-,37-35-,68-65+. The highest BCUT2D eigenvalue weighted by Crippen LogP contribution is 2.38. The highest BCUT2D eigenvalue weighted by Gasteiger charge is 2.27. The summed E-state index contributed by atoms with van der Waals surface area (Å²) in [6, 6.07) is -0.896. The second-order valence-corrected chi connectivity index (χ2v) is 27.5. The minimum atomic E-state index is -4.71. The Morgan fingerprint density at radius 1 is 0.402 bits per heavy atom. The highest BCUT2D eigenvalue weighted by atomic mass is 31.2. The van der Waals surface area contributed by atoms with E-state index in [0.29, 0.717) is 17.4 Å². The third-order valence-corrected chi connectivity index (χ3v) is 17.3. The Balaban J connectivity index is 5.08. The lowest BCUT2D eigenvalue weighted by Crippen LogP contribution is -2.47. The molecule has 3 atom stereocenters. The largest absolute Gasteiger partial charge is 0.756 e. The van der Waals surface area contributed by atoms with E-state index in [9.17, 15) is 19.0 Å². The number of esters is 1. The fourth-order valence-electron chi connectivity index (χ4n) is 10.6. The van der Waals surface area contributed by atoms with Gasteiger partial charge in [0, 0.05) is 12.8 Å². The van der Waals surface area contributed by atoms with Crippen LogP contribution in [-0.2, 0) is 27.9 Å². The minimum Gasteiger partial charge on any atom is -0.756 e. The Morgan fingerprint density at radius 3 is 1.07 bits per heavy atom. The molecule has 0 fully saturated rings. The molecule has 0 heterocycles. The number of hydrogen-bond donors (Lipinski definition) is 1. The maximum Gasteiger partial charge on any atom is 0.306 e. The molecule has 10 heteroatoms. The molecule has 506 valence electrons. The molecule has 0 aliphatic heterocycles. The first-order chi connectivity index (χ1) is 42.4. The van der Waals surface area contributed by atoms with Gasteiger partial charge in [-0.15, -0.1) is 0 Å². The molecule has 0 aromatic rings. The first-order valence-corrected chi connectivity index (χ1v) is 38.4. The Labute approximate surface area is 539 Å². The number of nitrogens with zero attached hydrogens (tertiary/aromatic N) is 1. The molecule has 0 aromatic carbocycles. The molecule has 0 bridgehead atoms. The number of carbonyl (C=O) groups is 2. The lowest BCUT2D eigenvalue weighted by Gasteiger charge is -2.30. The van der Waals surface area contributed by atoms with Crippen LogP contribution in [0.5, 0.6) is 0 Å². The van der Waals surface area contributed by atoms with Gasteiger partial charge < -0.3 is 28.5 Å². The molecule has 1 N–H and O–H groups in total. The zero-order valence-corrected chi connectivity index (χ0v) is 58.9. The van der Waals surface area contributed by atoms with E-state index in [-0.39, 0.29) is 24.9 Å². The molecule has 0 aliphatic carbocycles. The van der Waals surface area contributed by atoms with Crippen molar-refractivity contribution in [1.29, 1.82) is 0 Å². The summed E-state index contributed by atoms with van der Waals surface area (Å²) in [7, 11) is 1.18. The number of unbranched alkanes of at least 4 members (excludes halogenated alkanes) is 39. The van der Waals surface area contributed by atoms with Gasteiger partial charge in [0.2, 0.25) is 5.91 Å². The zero-order valence-electron chi connectivity index (χ0n) is 58.0. The SMILES string of the molecule is CCCCC/C=C\C/C=C\C/C=C\CCCCCCCCCCCCCCC(=O)NC(COP(=O)([O-])OCC[N+](C)(C)C)C(/C=C/CCCCCCCCCCCCC)OC(=O)CCCCCCCCCCCC/C=C\C/C=C\C/C=C\CCCCC. The number of likely N-dealkylation sites (N-methyl/N-ethyl adjacent to an activating group) is 1. The predicted octanol–water partition coefficient (Wildman–Crippen LogP) is 23.0. The van der Waals surface area contributed by atoms with Gasteiger partial charge in [-0.25, -0.2) is 0 Å². The highest BCUT2D eigenvalue weighted by molar-refractivity contribution is 7.45. The molecule has 87 heavy (non-hydrogen) atoms. The number of nitrogens with one attached hydrogen (secondary N) is 1. The maximum absolute atomic E-state index is 13.6. The number of ether oxygens (including phenoxy) is 1. The van der Waals surface area contributed by atoms with Gasteiger partial charge in [-0.2, -0.15) is 0 Å². The molecule has 0 aliphatic rings. The maximum atomic E-state index is 13.6. The third-order valence-electron chi connectivity index (χ3n) is 16.3. The van der Waals surface area contributed by atoms with Gasteiger partial charge in [0.05, 0.1) is 33.8 Å². The van der Waals surface area contributed by atoms with Crippen molar-refractivity contribution >= 4 is 19.7 Å². The van der Waals surface area contributed by atoms with E-state index in [1.165, 1.54) is 218 Å². The summed E-state index contributed by atoms with van der Waals surface area (Å²) in [6.45, 7) is 6.82. The molecule has 0 saturated heterocycles. The van der Waals surface area contributed by atoms with E-state index in [1.807, 2.05) is 33.3 Å². The fourth-order valence-corrected chi connectivity index (χ4v) is 11.3. The van der Waals surface area contributed by atoms with Crippen LogP contribution in [0.3, 0.4) is 0 Å². The minimum absolute atomic E-state index is 0.0253. The first-order valence-electron chi connectivity index (χ1n) is 36.9. The second kappa shape index (κ2) is 66.1. The van der Waals surface area contributed by atoms with Crippen LogP contribution >= 0.6 is 7.82 Å². The average molecular weight is 1240 g/mol. The lowest BCUT2D eigenvalue weighted by molar-refractivity contribution is -0.870. The van der Waals surface area contributed by atoms with Crippen LogP contribution in [-0.4, -0.2) is 69.4 Å². The molecule has 0 rings (SSSR count). The zero-order chi connectivity index (χ0) is 63.5. The van der Waals surface area contributed by atoms with Crippen LogP contribution in [0.2, 0.25) is 0 Å². The molecule has 1 amide bonds. The summed E-state index contributed by atoms with van der Waals surface area (Å²) in [5.74, 6) is -0.539. The van der Waals surface area contributed by atoms with Crippen molar-refractivity contribution in [2.75, 3.05) is 40.9 Å². The number of phosphoric acid groups is 1. The molecule has 0 aromatic heterocycles. The molecule has 0 radical (unpaired) electrons. The van der Waals surface area contributed by atoms with E-state index >= 15 is 0 Å². The van der Waals surface area contributed by atoms with E-state index in [0.717, 1.165) is 89.9 Å². The number of amides is 1. The Kier molecular flexibility index (Phi) is 64.0. The number of rotatable bonds is 67. The van der Waals surface area contributed by atoms with Crippen LogP contribution in [0.4, 0.5) is 0 Å². The van der Waals surface area contributed by atoms with Gasteiger partial charge in [0.25, 0.3) is 7.82 Å². The number of quaternary nitrogens is 1. The summed E-state index contributed by atoms with van der Waals surface area (Å²) in [5.41, 5.74) is 0. The molecular formula is C77H141N2O7P. The Bertz CT molecular complexity index is 1760. The van der Waals surface area contributed by atoms with E-state index in [4.69, 9.17) is 13.8 Å². The summed E-state index contributed by atoms with van der Waals surface area (Å²) in [5, 5.41) is 3.05. The van der Waals surface area contributed by atoms with Crippen molar-refractivity contribution in [3.63, 3.8) is 0 Å². The third kappa shape index (κ3) is 67.4. The summed E-state index contributed by atoms with van der Waals surface area (Å²) in [4.78, 5) is 40.3. The van der Waals surface area contributed by atoms with Crippen LogP contribution in [0, 0.1) is 0 Å². The van der Waals surface area contributed by atoms with E-state index < -0.39 is 26.6 Å². The molecule has 9 nitrogen and oxygen atoms in total. The topological polar surface area (TPSA) is 114 Å². The summed E-state index contributed by atoms with van der Waals surface area (Å²) >= 11 is 0. The predicted molar refractivity (Wildman–Crippen MR) is 376 cm³/mol. The van der Waals surface area contributed by atoms with Crippen LogP contribution in [0.1, 0.15) is 342 Å². The van der Waals surface area contributed by atoms with Crippen molar-refractivity contribution in [3.8, 4) is 0 Å². The van der Waals surface area contributed by atoms with Crippen molar-refractivity contribution in [2.24, 2.45) is 0 Å². The smallest absolute Gasteiger partial charge is 0.306 e. The van der Waals surface area contributed by atoms with Gasteiger partial charge in [0.15, 0.2) is 0 Å². The molecule has 0 spiro atoms. The van der Waals surface area contributed by atoms with Gasteiger partial charge >= 0.3 is 5.97 Å². The number of carbonyl (C=O) groups excluding carboxylic acids is 2. The Hall–Kier alpha value is -2.81. The average Bonchev–Trinajstić information content (AvgIpc) is 3.70. The fraction of sp³-hybridized carbons (Fsp3) is 0.792. The summed E-state index contributed by atoms with van der Waals surface area (Å²) in [6.07, 6.45) is 88.4. The van der Waals surface area contributed by atoms with E-state index in [2.05, 4.69) is 99.0 Å². The molecule has 0 saturated carbocycles. The van der Waals surface area contributed by atoms with Crippen molar-refractivity contribution < 1.29 is 37.3 Å². The van der Waals surface area contributed by atoms with Crippen molar-refractivity contribution in [3.05, 3.63) is 85.1 Å². The first kappa shape index (κ1) is 84.2. The van der Waals surface area contributed by atoms with Gasteiger partial charge in [0.1, 0.15) is 19.3 Å². The summed E-state index contributed by atoms with van der Waals surface area (Å²) < 4.78 is 30.5. The van der Waals surface area contributed by atoms with Crippen LogP contribution in [0.25, 0.3) is 0 Å². The quantitative estimate of drug-likeness (QED) is 0.0212. The van der Waals surface area contributed by atoms with Crippen molar-refractivity contribution in [2.45, 2.75) is 354 Å². The molecular weight excluding hydrogens is 1100 g/mol. The van der Waals surface area contributed by atoms with Gasteiger partial charge in [-0.3, -0.25) is 14.2 Å². The number of hydrogen-bond acceptors (Lipinski definition) is 7. The number of phosphoric ester groups is 1. The van der Waals surface area contributed by atoms with Crippen LogP contribution < -0.4 is 10.2 Å². The van der Waals surface area contributed by atoms with Crippen LogP contribution in [0.15, 0.2) is 85.1 Å². The molecule has 3 unspecified atom stereocenters. The number of allylic oxidation sites excluding steroid dienone is 13. The van der Waals surface area contributed by atoms with Gasteiger partial charge in [-0.05, 0) is 109 Å². The lowest BCUT2D eigenvalue weighted by atomic mass is 10.0. The van der Waals surface area contributed by atoms with E-state index in [1.54, 1.807) is 0 Å². The second-order valence-electron chi connectivity index (χ2n) is 26.1. The van der Waals surface area contributed by atoms with Crippen molar-refractivity contribution in [1.82, 2.24) is 5.32 Å². The van der Waals surface area contributed by atoms with Gasteiger partial charge in [-0.1, -0.05) is 305 Å². The normalized spacial score (nSPS) is 14.0.